The topological polar surface area (TPSA) is 66.9 Å². The van der Waals surface area contributed by atoms with Crippen LogP contribution in [0.1, 0.15) is 15.9 Å². The average molecular weight is 408 g/mol. The van der Waals surface area contributed by atoms with Gasteiger partial charge in [0.05, 0.1) is 12.1 Å². The van der Waals surface area contributed by atoms with Crippen LogP contribution in [0.25, 0.3) is 10.9 Å². The molecule has 0 radical (unpaired) electrons. The summed E-state index contributed by atoms with van der Waals surface area (Å²) in [6.45, 7) is 0.327. The van der Waals surface area contributed by atoms with E-state index in [4.69, 9.17) is 11.6 Å². The third kappa shape index (κ3) is 3.75. The number of aromatic nitrogens is 1. The quantitative estimate of drug-likeness (QED) is 0.414. The molecular formula is C22H15ClFN3O2. The van der Waals surface area contributed by atoms with Gasteiger partial charge in [-0.15, -0.1) is 10.2 Å². The van der Waals surface area contributed by atoms with Crippen LogP contribution >= 0.6 is 11.6 Å². The fraction of sp³-hybridized carbons (Fsp3) is 0.0455. The van der Waals surface area contributed by atoms with E-state index in [1.165, 1.54) is 24.3 Å². The molecule has 4 aromatic rings. The largest absolute Gasteiger partial charge is 0.493 e. The first-order chi connectivity index (χ1) is 14.0. The van der Waals surface area contributed by atoms with Crippen molar-refractivity contribution in [3.63, 3.8) is 0 Å². The molecule has 29 heavy (non-hydrogen) atoms. The second kappa shape index (κ2) is 7.85. The molecule has 7 heteroatoms. The molecule has 144 valence electrons. The summed E-state index contributed by atoms with van der Waals surface area (Å²) in [5.41, 5.74) is 1.95. The molecule has 0 aliphatic carbocycles. The second-order valence-electron chi connectivity index (χ2n) is 6.38. The summed E-state index contributed by atoms with van der Waals surface area (Å²) in [6, 6.07) is 19.6. The summed E-state index contributed by atoms with van der Waals surface area (Å²) in [6.07, 6.45) is 0. The van der Waals surface area contributed by atoms with Crippen LogP contribution in [0.4, 0.5) is 10.1 Å². The van der Waals surface area contributed by atoms with E-state index < -0.39 is 11.7 Å². The Kier molecular flexibility index (Phi) is 5.10. The van der Waals surface area contributed by atoms with Crippen molar-refractivity contribution >= 4 is 34.1 Å². The summed E-state index contributed by atoms with van der Waals surface area (Å²) in [7, 11) is 0. The number of benzene rings is 3. The Morgan fingerprint density at radius 1 is 1.00 bits per heavy atom. The minimum atomic E-state index is -0.632. The Morgan fingerprint density at radius 3 is 2.45 bits per heavy atom. The Hall–Kier alpha value is -3.51. The van der Waals surface area contributed by atoms with Crippen LogP contribution in [0.3, 0.4) is 0 Å². The van der Waals surface area contributed by atoms with Crippen molar-refractivity contribution in [1.82, 2.24) is 4.57 Å². The van der Waals surface area contributed by atoms with Crippen LogP contribution in [0.15, 0.2) is 83.0 Å². The van der Waals surface area contributed by atoms with Crippen molar-refractivity contribution in [2.24, 2.45) is 10.2 Å². The van der Waals surface area contributed by atoms with E-state index in [2.05, 4.69) is 10.2 Å². The Balaban J connectivity index is 1.73. The van der Waals surface area contributed by atoms with Gasteiger partial charge in [-0.05, 0) is 42.0 Å². The van der Waals surface area contributed by atoms with Crippen LogP contribution in [-0.2, 0) is 6.54 Å². The molecule has 0 atom stereocenters. The average Bonchev–Trinajstić information content (AvgIpc) is 2.99. The van der Waals surface area contributed by atoms with Gasteiger partial charge in [0.25, 0.3) is 5.91 Å². The highest BCUT2D eigenvalue weighted by atomic mass is 35.5. The number of carbonyl (C=O) groups excluding carboxylic acids is 1. The highest BCUT2D eigenvalue weighted by molar-refractivity contribution is 6.31. The molecule has 4 rings (SSSR count). The minimum Gasteiger partial charge on any atom is -0.493 e. The summed E-state index contributed by atoms with van der Waals surface area (Å²) in [5, 5.41) is 19.7. The molecule has 1 heterocycles. The van der Waals surface area contributed by atoms with Crippen molar-refractivity contribution in [1.29, 1.82) is 0 Å². The standard InChI is InChI=1S/C22H15ClFN3O2/c23-18-7-3-1-5-15(18)13-27-19-8-4-2-6-17(19)20(22(27)29)25-26-21(28)14-9-11-16(24)12-10-14/h1-12,29H,13H2. The third-order valence-corrected chi connectivity index (χ3v) is 4.90. The van der Waals surface area contributed by atoms with Gasteiger partial charge in [-0.3, -0.25) is 4.79 Å². The SMILES string of the molecule is O=C(N=Nc1c(O)n(Cc2ccccc2Cl)c2ccccc12)c1ccc(F)cc1. The predicted octanol–water partition coefficient (Wildman–Crippen LogP) is 6.11. The molecule has 0 bridgehead atoms. The molecule has 0 aliphatic rings. The van der Waals surface area contributed by atoms with Crippen molar-refractivity contribution < 1.29 is 14.3 Å². The van der Waals surface area contributed by atoms with E-state index in [0.717, 1.165) is 11.1 Å². The fourth-order valence-corrected chi connectivity index (χ4v) is 3.27. The lowest BCUT2D eigenvalue weighted by Gasteiger charge is -2.08. The molecule has 0 spiro atoms. The summed E-state index contributed by atoms with van der Waals surface area (Å²) in [5.74, 6) is -1.20. The van der Waals surface area contributed by atoms with Crippen molar-refractivity contribution in [2.45, 2.75) is 6.54 Å². The fourth-order valence-electron chi connectivity index (χ4n) is 3.07. The molecule has 3 aromatic carbocycles. The van der Waals surface area contributed by atoms with Gasteiger partial charge in [-0.2, -0.15) is 0 Å². The van der Waals surface area contributed by atoms with Gasteiger partial charge >= 0.3 is 0 Å². The number of azo groups is 1. The number of fused-ring (bicyclic) bond motifs is 1. The minimum absolute atomic E-state index is 0.123. The number of para-hydroxylation sites is 1. The molecule has 0 fully saturated rings. The van der Waals surface area contributed by atoms with Crippen LogP contribution in [0.2, 0.25) is 5.02 Å². The lowest BCUT2D eigenvalue weighted by Crippen LogP contribution is -1.99. The highest BCUT2D eigenvalue weighted by Gasteiger charge is 2.18. The van der Waals surface area contributed by atoms with Crippen LogP contribution in [-0.4, -0.2) is 15.6 Å². The Labute approximate surface area is 170 Å². The van der Waals surface area contributed by atoms with E-state index in [-0.39, 0.29) is 17.1 Å². The first-order valence-corrected chi connectivity index (χ1v) is 9.17. The number of nitrogens with zero attached hydrogens (tertiary/aromatic N) is 3. The summed E-state index contributed by atoms with van der Waals surface area (Å²) in [4.78, 5) is 12.2. The highest BCUT2D eigenvalue weighted by Crippen LogP contribution is 2.39. The molecule has 1 aromatic heterocycles. The van der Waals surface area contributed by atoms with E-state index >= 15 is 0 Å². The van der Waals surface area contributed by atoms with Crippen LogP contribution in [0, 0.1) is 5.82 Å². The van der Waals surface area contributed by atoms with Gasteiger partial charge in [-0.1, -0.05) is 48.0 Å². The molecular weight excluding hydrogens is 393 g/mol. The maximum atomic E-state index is 13.0. The van der Waals surface area contributed by atoms with Gasteiger partial charge in [-0.25, -0.2) is 4.39 Å². The Morgan fingerprint density at radius 2 is 1.69 bits per heavy atom. The number of halogens is 2. The monoisotopic (exact) mass is 407 g/mol. The lowest BCUT2D eigenvalue weighted by molar-refractivity contribution is 0.0995. The smallest absolute Gasteiger partial charge is 0.295 e. The van der Waals surface area contributed by atoms with E-state index in [1.807, 2.05) is 36.4 Å². The first kappa shape index (κ1) is 18.8. The zero-order valence-corrected chi connectivity index (χ0v) is 15.8. The molecule has 5 nitrogen and oxygen atoms in total. The van der Waals surface area contributed by atoms with Gasteiger partial charge in [0.15, 0.2) is 5.69 Å². The molecule has 0 aliphatic heterocycles. The molecule has 0 unspecified atom stereocenters. The Bertz CT molecular complexity index is 1230. The number of rotatable bonds is 4. The normalized spacial score (nSPS) is 11.4. The molecule has 0 saturated carbocycles. The van der Waals surface area contributed by atoms with E-state index in [0.29, 0.717) is 17.0 Å². The van der Waals surface area contributed by atoms with E-state index in [1.54, 1.807) is 16.7 Å². The van der Waals surface area contributed by atoms with Crippen molar-refractivity contribution in [2.75, 3.05) is 0 Å². The zero-order chi connectivity index (χ0) is 20.4. The predicted molar refractivity (Wildman–Crippen MR) is 109 cm³/mol. The van der Waals surface area contributed by atoms with Gasteiger partial charge in [0.1, 0.15) is 5.82 Å². The molecule has 0 saturated heterocycles. The number of carbonyl (C=O) groups is 1. The maximum absolute atomic E-state index is 13.0. The number of hydrogen-bond donors (Lipinski definition) is 1. The summed E-state index contributed by atoms with van der Waals surface area (Å²) < 4.78 is 14.7. The van der Waals surface area contributed by atoms with E-state index in [9.17, 15) is 14.3 Å². The molecule has 1 N–H and O–H groups in total. The first-order valence-electron chi connectivity index (χ1n) is 8.80. The van der Waals surface area contributed by atoms with Crippen molar-refractivity contribution in [3.8, 4) is 5.88 Å². The van der Waals surface area contributed by atoms with Gasteiger partial charge < -0.3 is 9.67 Å². The molecule has 1 amide bonds. The maximum Gasteiger partial charge on any atom is 0.295 e. The third-order valence-electron chi connectivity index (χ3n) is 4.54. The van der Waals surface area contributed by atoms with Crippen LogP contribution < -0.4 is 0 Å². The number of hydrogen-bond acceptors (Lipinski definition) is 3. The van der Waals surface area contributed by atoms with Crippen LogP contribution in [0.5, 0.6) is 5.88 Å². The number of amides is 1. The summed E-state index contributed by atoms with van der Waals surface area (Å²) >= 11 is 6.26. The lowest BCUT2D eigenvalue weighted by atomic mass is 10.2. The second-order valence-corrected chi connectivity index (χ2v) is 6.79. The zero-order valence-electron chi connectivity index (χ0n) is 15.1. The van der Waals surface area contributed by atoms with Crippen molar-refractivity contribution in [3.05, 3.63) is 94.8 Å². The number of aromatic hydroxyl groups is 1. The van der Waals surface area contributed by atoms with Gasteiger partial charge in [0, 0.05) is 16.0 Å². The van der Waals surface area contributed by atoms with Gasteiger partial charge in [0.2, 0.25) is 5.88 Å².